The molecule has 43 valence electrons. The molecular formula is C5H12NO. The van der Waals surface area contributed by atoms with Crippen molar-refractivity contribution in [3.05, 3.63) is 6.54 Å². The summed E-state index contributed by atoms with van der Waals surface area (Å²) in [5.74, 6) is 0. The molecule has 7 heavy (non-hydrogen) atoms. The lowest BCUT2D eigenvalue weighted by Gasteiger charge is -2.07. The lowest BCUT2D eigenvalue weighted by molar-refractivity contribution is 0.0974. The van der Waals surface area contributed by atoms with Gasteiger partial charge in [-0.25, -0.2) is 0 Å². The average molecular weight is 102 g/mol. The summed E-state index contributed by atoms with van der Waals surface area (Å²) < 4.78 is 4.85. The Morgan fingerprint density at radius 1 is 1.71 bits per heavy atom. The number of hydrogen-bond acceptors (Lipinski definition) is 2. The monoisotopic (exact) mass is 102 g/mol. The van der Waals surface area contributed by atoms with Gasteiger partial charge >= 0.3 is 0 Å². The summed E-state index contributed by atoms with van der Waals surface area (Å²) >= 11 is 0. The van der Waals surface area contributed by atoms with E-state index in [9.17, 15) is 0 Å². The lowest BCUT2D eigenvalue weighted by Crippen LogP contribution is -2.23. The molecule has 2 heteroatoms. The molecule has 1 atom stereocenters. The Morgan fingerprint density at radius 2 is 2.29 bits per heavy atom. The standard InChI is InChI=1S/C5H12NO/c1-4-6-5(2)7-3/h4-6H,1-3H3. The predicted octanol–water partition coefficient (Wildman–Crippen LogP) is 0.750. The number of methoxy groups -OCH3 is 1. The van der Waals surface area contributed by atoms with Crippen molar-refractivity contribution in [2.45, 2.75) is 20.1 Å². The van der Waals surface area contributed by atoms with Crippen LogP contribution in [0.4, 0.5) is 0 Å². The van der Waals surface area contributed by atoms with E-state index in [0.29, 0.717) is 0 Å². The van der Waals surface area contributed by atoms with E-state index in [0.717, 1.165) is 0 Å². The second-order valence-corrected chi connectivity index (χ2v) is 1.33. The zero-order chi connectivity index (χ0) is 5.70. The highest BCUT2D eigenvalue weighted by Gasteiger charge is 1.90. The first-order valence-corrected chi connectivity index (χ1v) is 2.38. The van der Waals surface area contributed by atoms with Gasteiger partial charge in [0.25, 0.3) is 0 Å². The summed E-state index contributed by atoms with van der Waals surface area (Å²) in [6.07, 6.45) is 0.144. The van der Waals surface area contributed by atoms with Crippen LogP contribution in [0, 0.1) is 6.54 Å². The Morgan fingerprint density at radius 3 is 2.43 bits per heavy atom. The topological polar surface area (TPSA) is 21.3 Å². The highest BCUT2D eigenvalue weighted by Crippen LogP contribution is 1.79. The molecule has 0 heterocycles. The number of nitrogens with one attached hydrogen (secondary N) is 1. The minimum atomic E-state index is 0.144. The maximum Gasteiger partial charge on any atom is 0.105 e. The summed E-state index contributed by atoms with van der Waals surface area (Å²) in [4.78, 5) is 0. The summed E-state index contributed by atoms with van der Waals surface area (Å²) in [5, 5.41) is 2.95. The van der Waals surface area contributed by atoms with E-state index < -0.39 is 0 Å². The number of rotatable bonds is 3. The Hall–Kier alpha value is -0.0800. The van der Waals surface area contributed by atoms with Crippen LogP contribution in [0.25, 0.3) is 0 Å². The minimum absolute atomic E-state index is 0.144. The number of ether oxygens (including phenoxy) is 1. The first kappa shape index (κ1) is 6.92. The predicted molar refractivity (Wildman–Crippen MR) is 29.6 cm³/mol. The molecule has 0 aromatic rings. The molecule has 0 amide bonds. The van der Waals surface area contributed by atoms with Gasteiger partial charge in [-0.15, -0.1) is 0 Å². The van der Waals surface area contributed by atoms with Gasteiger partial charge in [-0.3, -0.25) is 5.32 Å². The second-order valence-electron chi connectivity index (χ2n) is 1.33. The van der Waals surface area contributed by atoms with Gasteiger partial charge in [0.15, 0.2) is 0 Å². The molecule has 2 nitrogen and oxygen atoms in total. The maximum atomic E-state index is 4.85. The lowest BCUT2D eigenvalue weighted by atomic mass is 10.6. The molecule has 0 aromatic carbocycles. The summed E-state index contributed by atoms with van der Waals surface area (Å²) in [6.45, 7) is 5.73. The van der Waals surface area contributed by atoms with Crippen LogP contribution in [0.1, 0.15) is 13.8 Å². The molecule has 1 N–H and O–H groups in total. The molecule has 1 unspecified atom stereocenters. The Balaban J connectivity index is 2.83. The molecule has 0 bridgehead atoms. The fourth-order valence-electron chi connectivity index (χ4n) is 0.303. The van der Waals surface area contributed by atoms with Crippen molar-refractivity contribution < 1.29 is 4.74 Å². The van der Waals surface area contributed by atoms with E-state index in [1.807, 2.05) is 20.4 Å². The zero-order valence-electron chi connectivity index (χ0n) is 5.06. The zero-order valence-corrected chi connectivity index (χ0v) is 5.06. The molecule has 0 saturated heterocycles. The van der Waals surface area contributed by atoms with E-state index >= 15 is 0 Å². The first-order chi connectivity index (χ1) is 3.31. The molecule has 0 aliphatic carbocycles. The van der Waals surface area contributed by atoms with Gasteiger partial charge in [0, 0.05) is 13.7 Å². The van der Waals surface area contributed by atoms with Gasteiger partial charge in [-0.1, -0.05) is 0 Å². The molecule has 0 aliphatic heterocycles. The normalized spacial score (nSPS) is 14.1. The molecule has 0 spiro atoms. The van der Waals surface area contributed by atoms with Crippen LogP contribution < -0.4 is 5.32 Å². The second kappa shape index (κ2) is 4.09. The minimum Gasteiger partial charge on any atom is -0.367 e. The van der Waals surface area contributed by atoms with Crippen molar-refractivity contribution in [3.8, 4) is 0 Å². The highest BCUT2D eigenvalue weighted by molar-refractivity contribution is 4.52. The van der Waals surface area contributed by atoms with Crippen LogP contribution in [-0.2, 0) is 4.74 Å². The van der Waals surface area contributed by atoms with Gasteiger partial charge in [0.05, 0.1) is 0 Å². The molecule has 0 fully saturated rings. The van der Waals surface area contributed by atoms with Crippen LogP contribution in [0.5, 0.6) is 0 Å². The molecular weight excluding hydrogens is 90.1 g/mol. The first-order valence-electron chi connectivity index (χ1n) is 2.38. The van der Waals surface area contributed by atoms with Crippen LogP contribution in [-0.4, -0.2) is 13.3 Å². The van der Waals surface area contributed by atoms with E-state index in [1.165, 1.54) is 0 Å². The molecule has 0 aromatic heterocycles. The van der Waals surface area contributed by atoms with Gasteiger partial charge in [-0.05, 0) is 13.8 Å². The molecule has 0 saturated carbocycles. The smallest absolute Gasteiger partial charge is 0.105 e. The van der Waals surface area contributed by atoms with E-state index in [1.54, 1.807) is 7.11 Å². The van der Waals surface area contributed by atoms with Gasteiger partial charge in [-0.2, -0.15) is 0 Å². The van der Waals surface area contributed by atoms with Crippen molar-refractivity contribution in [1.29, 1.82) is 0 Å². The third-order valence-corrected chi connectivity index (χ3v) is 0.755. The third-order valence-electron chi connectivity index (χ3n) is 0.755. The van der Waals surface area contributed by atoms with Gasteiger partial charge in [0.1, 0.15) is 6.23 Å². The van der Waals surface area contributed by atoms with Crippen molar-refractivity contribution in [2.75, 3.05) is 7.11 Å². The fraction of sp³-hybridized carbons (Fsp3) is 0.800. The van der Waals surface area contributed by atoms with Crippen molar-refractivity contribution >= 4 is 0 Å². The Kier molecular flexibility index (Phi) is 4.04. The van der Waals surface area contributed by atoms with Crippen molar-refractivity contribution in [1.82, 2.24) is 5.32 Å². The van der Waals surface area contributed by atoms with Gasteiger partial charge in [0.2, 0.25) is 0 Å². The van der Waals surface area contributed by atoms with Crippen LogP contribution >= 0.6 is 0 Å². The van der Waals surface area contributed by atoms with Crippen LogP contribution in [0.2, 0.25) is 0 Å². The van der Waals surface area contributed by atoms with Crippen molar-refractivity contribution in [2.24, 2.45) is 0 Å². The van der Waals surface area contributed by atoms with Crippen LogP contribution in [0.3, 0.4) is 0 Å². The fourth-order valence-corrected chi connectivity index (χ4v) is 0.303. The largest absolute Gasteiger partial charge is 0.367 e. The highest BCUT2D eigenvalue weighted by atomic mass is 16.5. The van der Waals surface area contributed by atoms with Gasteiger partial charge < -0.3 is 4.74 Å². The Labute approximate surface area is 44.9 Å². The van der Waals surface area contributed by atoms with Crippen LogP contribution in [0.15, 0.2) is 0 Å². The SMILES string of the molecule is C[CH]NC(C)OC. The molecule has 0 rings (SSSR count). The summed E-state index contributed by atoms with van der Waals surface area (Å²) in [7, 11) is 1.67. The van der Waals surface area contributed by atoms with E-state index in [2.05, 4.69) is 5.32 Å². The maximum absolute atomic E-state index is 4.85. The third kappa shape index (κ3) is 3.76. The van der Waals surface area contributed by atoms with E-state index in [4.69, 9.17) is 4.74 Å². The van der Waals surface area contributed by atoms with Crippen molar-refractivity contribution in [3.63, 3.8) is 0 Å². The molecule has 0 aliphatic rings. The molecule has 1 radical (unpaired) electrons. The summed E-state index contributed by atoms with van der Waals surface area (Å²) in [6, 6.07) is 0. The Bertz CT molecular complexity index is 39.1. The number of hydrogen-bond donors (Lipinski definition) is 1. The van der Waals surface area contributed by atoms with E-state index in [-0.39, 0.29) is 6.23 Å². The average Bonchev–Trinajstić information content (AvgIpc) is 1.68. The quantitative estimate of drug-likeness (QED) is 0.531. The summed E-state index contributed by atoms with van der Waals surface area (Å²) in [5.41, 5.74) is 0.